The highest BCUT2D eigenvalue weighted by molar-refractivity contribution is 5.94. The van der Waals surface area contributed by atoms with Crippen molar-refractivity contribution in [1.29, 1.82) is 0 Å². The molecule has 1 aliphatic rings. The van der Waals surface area contributed by atoms with E-state index >= 15 is 0 Å². The van der Waals surface area contributed by atoms with Gasteiger partial charge in [-0.15, -0.1) is 0 Å². The number of rotatable bonds is 8. The zero-order valence-electron chi connectivity index (χ0n) is 19.5. The molecule has 0 radical (unpaired) electrons. The van der Waals surface area contributed by atoms with Gasteiger partial charge >= 0.3 is 0 Å². The first kappa shape index (κ1) is 22.2. The highest BCUT2D eigenvalue weighted by Gasteiger charge is 2.12. The van der Waals surface area contributed by atoms with Gasteiger partial charge in [0.25, 0.3) is 5.91 Å². The number of hydrogen-bond donors (Lipinski definition) is 1. The molecule has 34 heavy (non-hydrogen) atoms. The number of nitrogens with one attached hydrogen (secondary N) is 1. The van der Waals surface area contributed by atoms with Crippen LogP contribution in [-0.2, 0) is 19.7 Å². The summed E-state index contributed by atoms with van der Waals surface area (Å²) in [6, 6.07) is 19.8. The molecule has 1 amide bonds. The third kappa shape index (κ3) is 5.29. The van der Waals surface area contributed by atoms with Gasteiger partial charge in [0.1, 0.15) is 18.0 Å². The minimum atomic E-state index is -0.0940. The van der Waals surface area contributed by atoms with Crippen LogP contribution in [0.2, 0.25) is 0 Å². The molecular weight excluding hydrogens is 424 g/mol. The van der Waals surface area contributed by atoms with E-state index in [4.69, 9.17) is 4.74 Å². The summed E-state index contributed by atoms with van der Waals surface area (Å²) in [4.78, 5) is 19.7. The van der Waals surface area contributed by atoms with Crippen molar-refractivity contribution >= 4 is 11.6 Å². The second-order valence-corrected chi connectivity index (χ2v) is 8.95. The van der Waals surface area contributed by atoms with E-state index in [1.54, 1.807) is 12.1 Å². The van der Waals surface area contributed by atoms with Gasteiger partial charge in [-0.2, -0.15) is 0 Å². The smallest absolute Gasteiger partial charge is 0.251 e. The molecule has 1 N–H and O–H groups in total. The Labute approximate surface area is 200 Å². The van der Waals surface area contributed by atoms with E-state index in [1.807, 2.05) is 48.0 Å². The topological polar surface area (TPSA) is 58.9 Å². The quantitative estimate of drug-likeness (QED) is 0.418. The fraction of sp³-hybridized carbons (Fsp3) is 0.286. The van der Waals surface area contributed by atoms with E-state index in [1.165, 1.54) is 31.5 Å². The third-order valence-corrected chi connectivity index (χ3v) is 6.31. The Morgan fingerprint density at radius 2 is 1.74 bits per heavy atom. The first-order valence-electron chi connectivity index (χ1n) is 11.9. The van der Waals surface area contributed by atoms with Crippen molar-refractivity contribution < 1.29 is 9.53 Å². The van der Waals surface area contributed by atoms with Gasteiger partial charge in [0.2, 0.25) is 0 Å². The number of fused-ring (bicyclic) bond motifs is 1. The molecule has 174 valence electrons. The van der Waals surface area contributed by atoms with Crippen molar-refractivity contribution in [2.45, 2.75) is 39.5 Å². The number of pyridine rings is 1. The molecule has 6 heteroatoms. The van der Waals surface area contributed by atoms with Gasteiger partial charge in [-0.05, 0) is 79.9 Å². The number of carbonyl (C=O) groups excluding carboxylic acids is 1. The van der Waals surface area contributed by atoms with Gasteiger partial charge in [-0.1, -0.05) is 30.3 Å². The Morgan fingerprint density at radius 3 is 2.47 bits per heavy atom. The Kier molecular flexibility index (Phi) is 6.58. The van der Waals surface area contributed by atoms with Gasteiger partial charge < -0.3 is 14.5 Å². The van der Waals surface area contributed by atoms with Crippen LogP contribution in [0.4, 0.5) is 0 Å². The minimum Gasteiger partial charge on any atom is -0.487 e. The first-order chi connectivity index (χ1) is 16.6. The molecule has 0 bridgehead atoms. The maximum absolute atomic E-state index is 12.6. The summed E-state index contributed by atoms with van der Waals surface area (Å²) in [6.45, 7) is 6.33. The van der Waals surface area contributed by atoms with E-state index in [0.29, 0.717) is 24.5 Å². The van der Waals surface area contributed by atoms with Gasteiger partial charge in [-0.25, -0.2) is 4.98 Å². The van der Waals surface area contributed by atoms with Crippen LogP contribution >= 0.6 is 0 Å². The van der Waals surface area contributed by atoms with Crippen molar-refractivity contribution in [2.24, 2.45) is 0 Å². The zero-order chi connectivity index (χ0) is 23.3. The lowest BCUT2D eigenvalue weighted by atomic mass is 10.1. The van der Waals surface area contributed by atoms with Gasteiger partial charge in [0.15, 0.2) is 0 Å². The first-order valence-corrected chi connectivity index (χ1v) is 11.9. The van der Waals surface area contributed by atoms with Crippen LogP contribution < -0.4 is 10.1 Å². The second kappa shape index (κ2) is 10.1. The summed E-state index contributed by atoms with van der Waals surface area (Å²) >= 11 is 0. The largest absolute Gasteiger partial charge is 0.487 e. The number of aromatic nitrogens is 2. The maximum Gasteiger partial charge on any atom is 0.251 e. The van der Waals surface area contributed by atoms with Crippen molar-refractivity contribution in [3.63, 3.8) is 0 Å². The van der Waals surface area contributed by atoms with Gasteiger partial charge in [0, 0.05) is 31.0 Å². The molecule has 1 saturated heterocycles. The fourth-order valence-electron chi connectivity index (χ4n) is 4.38. The van der Waals surface area contributed by atoms with Crippen molar-refractivity contribution in [3.8, 4) is 5.75 Å². The molecule has 2 aromatic carbocycles. The molecule has 1 aliphatic heterocycles. The molecule has 0 spiro atoms. The number of likely N-dealkylation sites (tertiary alicyclic amines) is 1. The maximum atomic E-state index is 12.6. The number of carbonyl (C=O) groups is 1. The second-order valence-electron chi connectivity index (χ2n) is 8.95. The van der Waals surface area contributed by atoms with E-state index in [2.05, 4.69) is 39.5 Å². The third-order valence-electron chi connectivity index (χ3n) is 6.31. The van der Waals surface area contributed by atoms with Crippen LogP contribution in [0.25, 0.3) is 5.65 Å². The minimum absolute atomic E-state index is 0.0940. The summed E-state index contributed by atoms with van der Waals surface area (Å²) in [5.74, 6) is 0.613. The number of aryl methyl sites for hydroxylation is 1. The van der Waals surface area contributed by atoms with Crippen LogP contribution in [0.1, 0.15) is 45.6 Å². The highest BCUT2D eigenvalue weighted by atomic mass is 16.5. The van der Waals surface area contributed by atoms with Crippen molar-refractivity contribution in [3.05, 3.63) is 101 Å². The van der Waals surface area contributed by atoms with Crippen LogP contribution in [-0.4, -0.2) is 33.3 Å². The number of nitrogens with zero attached hydrogens (tertiary/aromatic N) is 3. The van der Waals surface area contributed by atoms with Crippen LogP contribution in [0.15, 0.2) is 73.1 Å². The van der Waals surface area contributed by atoms with E-state index < -0.39 is 0 Å². The van der Waals surface area contributed by atoms with Crippen LogP contribution in [0, 0.1) is 6.92 Å². The molecule has 0 saturated carbocycles. The summed E-state index contributed by atoms with van der Waals surface area (Å²) in [6.07, 6.45) is 6.57. The van der Waals surface area contributed by atoms with E-state index in [-0.39, 0.29) is 5.91 Å². The Bertz CT molecular complexity index is 1260. The summed E-state index contributed by atoms with van der Waals surface area (Å²) < 4.78 is 7.88. The SMILES string of the molecule is Cc1cccn2cc(COc3ccc(C(=O)NCc4ccc(CN5CCCC5)cc4)cc3)nc12. The fourth-order valence-corrected chi connectivity index (χ4v) is 4.38. The number of imidazole rings is 1. The normalized spacial score (nSPS) is 13.9. The lowest BCUT2D eigenvalue weighted by molar-refractivity contribution is 0.0951. The molecule has 0 unspecified atom stereocenters. The molecule has 0 aliphatic carbocycles. The average Bonchev–Trinajstić information content (AvgIpc) is 3.53. The summed E-state index contributed by atoms with van der Waals surface area (Å²) in [5.41, 5.74) is 5.97. The molecule has 1 fully saturated rings. The predicted molar refractivity (Wildman–Crippen MR) is 133 cm³/mol. The Morgan fingerprint density at radius 1 is 1.00 bits per heavy atom. The van der Waals surface area contributed by atoms with Gasteiger partial charge in [-0.3, -0.25) is 9.69 Å². The number of benzene rings is 2. The molecular formula is C28H30N4O2. The highest BCUT2D eigenvalue weighted by Crippen LogP contribution is 2.16. The van der Waals surface area contributed by atoms with Gasteiger partial charge in [0.05, 0.1) is 5.69 Å². The molecule has 5 rings (SSSR count). The van der Waals surface area contributed by atoms with Crippen molar-refractivity contribution in [1.82, 2.24) is 19.6 Å². The molecule has 6 nitrogen and oxygen atoms in total. The molecule has 0 atom stereocenters. The lowest BCUT2D eigenvalue weighted by Gasteiger charge is -2.14. The van der Waals surface area contributed by atoms with Crippen molar-refractivity contribution in [2.75, 3.05) is 13.1 Å². The van der Waals surface area contributed by atoms with Crippen LogP contribution in [0.3, 0.4) is 0 Å². The zero-order valence-corrected chi connectivity index (χ0v) is 19.5. The monoisotopic (exact) mass is 454 g/mol. The van der Waals surface area contributed by atoms with Crippen LogP contribution in [0.5, 0.6) is 5.75 Å². The summed E-state index contributed by atoms with van der Waals surface area (Å²) in [7, 11) is 0. The molecule has 3 heterocycles. The lowest BCUT2D eigenvalue weighted by Crippen LogP contribution is -2.22. The average molecular weight is 455 g/mol. The van der Waals surface area contributed by atoms with E-state index in [0.717, 1.165) is 29.0 Å². The number of amides is 1. The Balaban J connectivity index is 1.11. The molecule has 2 aromatic heterocycles. The Hall–Kier alpha value is -3.64. The summed E-state index contributed by atoms with van der Waals surface area (Å²) in [5, 5.41) is 3.00. The van der Waals surface area contributed by atoms with E-state index in [9.17, 15) is 4.79 Å². The predicted octanol–water partition coefficient (Wildman–Crippen LogP) is 4.75. The number of ether oxygens (including phenoxy) is 1. The molecule has 4 aromatic rings. The number of hydrogen-bond acceptors (Lipinski definition) is 4. The standard InChI is InChI=1S/C28H30N4O2/c1-21-5-4-16-32-19-25(30-27(21)32)20-34-26-12-10-24(11-13-26)28(33)29-17-22-6-8-23(9-7-22)18-31-14-2-3-15-31/h4-13,16,19H,2-3,14-15,17-18,20H2,1H3,(H,29,33).